The highest BCUT2D eigenvalue weighted by molar-refractivity contribution is 8.00. The van der Waals surface area contributed by atoms with Gasteiger partial charge in [0.1, 0.15) is 23.8 Å². The second-order valence-electron chi connectivity index (χ2n) is 7.43. The highest BCUT2D eigenvalue weighted by Crippen LogP contribution is 2.32. The van der Waals surface area contributed by atoms with Crippen molar-refractivity contribution in [1.29, 1.82) is 0 Å². The average Bonchev–Trinajstić information content (AvgIpc) is 3.13. The smallest absolute Gasteiger partial charge is 0.241 e. The van der Waals surface area contributed by atoms with Crippen molar-refractivity contribution in [3.8, 4) is 0 Å². The Balaban J connectivity index is 1.49. The lowest BCUT2D eigenvalue weighted by Crippen LogP contribution is -2.44. The fourth-order valence-electron chi connectivity index (χ4n) is 3.95. The van der Waals surface area contributed by atoms with Crippen molar-refractivity contribution in [3.63, 3.8) is 0 Å². The Labute approximate surface area is 161 Å². The Morgan fingerprint density at radius 1 is 1.26 bits per heavy atom. The minimum absolute atomic E-state index is 0.111. The molecular formula is C19H24F2N4OS. The molecule has 2 fully saturated rings. The highest BCUT2D eigenvalue weighted by Gasteiger charge is 2.35. The van der Waals surface area contributed by atoms with Gasteiger partial charge in [0, 0.05) is 11.8 Å². The molecule has 3 atom stereocenters. The molecule has 1 unspecified atom stereocenters. The van der Waals surface area contributed by atoms with Crippen molar-refractivity contribution in [1.82, 2.24) is 10.6 Å². The van der Waals surface area contributed by atoms with E-state index < -0.39 is 23.8 Å². The summed E-state index contributed by atoms with van der Waals surface area (Å²) in [4.78, 5) is 21.5. The van der Waals surface area contributed by atoms with Gasteiger partial charge in [-0.1, -0.05) is 12.8 Å². The fraction of sp³-hybridized carbons (Fsp3) is 0.632. The van der Waals surface area contributed by atoms with Crippen LogP contribution in [0.15, 0.2) is 33.7 Å². The van der Waals surface area contributed by atoms with Gasteiger partial charge in [0.05, 0.1) is 23.2 Å². The quantitative estimate of drug-likeness (QED) is 0.771. The lowest BCUT2D eigenvalue weighted by Gasteiger charge is -2.28. The number of thioether (sulfide) groups is 1. The van der Waals surface area contributed by atoms with Crippen LogP contribution < -0.4 is 10.6 Å². The van der Waals surface area contributed by atoms with E-state index in [0.717, 1.165) is 38.6 Å². The lowest BCUT2D eigenvalue weighted by molar-refractivity contribution is -0.122. The first-order valence-corrected chi connectivity index (χ1v) is 10.7. The normalized spacial score (nSPS) is 33.3. The van der Waals surface area contributed by atoms with Gasteiger partial charge in [0.2, 0.25) is 5.91 Å². The highest BCUT2D eigenvalue weighted by atomic mass is 32.2. The number of carbonyl (C=O) groups excluding carboxylic acids is 1. The molecule has 2 N–H and O–H groups in total. The number of fused-ring (bicyclic) bond motifs is 1. The molecule has 0 aromatic carbocycles. The number of hydrogen-bond acceptors (Lipinski definition) is 5. The second kappa shape index (κ2) is 8.22. The van der Waals surface area contributed by atoms with E-state index in [9.17, 15) is 13.6 Å². The zero-order chi connectivity index (χ0) is 18.8. The summed E-state index contributed by atoms with van der Waals surface area (Å²) in [7, 11) is 0. The number of allylic oxidation sites excluding steroid dienone is 2. The number of nitrogens with one attached hydrogen (secondary N) is 2. The number of aliphatic imine (C=N–C) groups is 2. The number of alkyl halides is 1. The van der Waals surface area contributed by atoms with E-state index in [-0.39, 0.29) is 11.3 Å². The molecule has 0 spiro atoms. The number of amidine groups is 1. The first kappa shape index (κ1) is 18.8. The van der Waals surface area contributed by atoms with Gasteiger partial charge < -0.3 is 10.6 Å². The molecule has 0 aromatic rings. The summed E-state index contributed by atoms with van der Waals surface area (Å²) in [5, 5.41) is 5.60. The number of rotatable bonds is 4. The molecule has 5 nitrogen and oxygen atoms in total. The van der Waals surface area contributed by atoms with Crippen LogP contribution in [-0.4, -0.2) is 53.8 Å². The van der Waals surface area contributed by atoms with Crippen molar-refractivity contribution in [2.45, 2.75) is 49.6 Å². The summed E-state index contributed by atoms with van der Waals surface area (Å²) >= 11 is 1.45. The third-order valence-electron chi connectivity index (χ3n) is 5.39. The van der Waals surface area contributed by atoms with Crippen LogP contribution in [0.25, 0.3) is 0 Å². The minimum atomic E-state index is -0.992. The summed E-state index contributed by atoms with van der Waals surface area (Å²) < 4.78 is 28.4. The van der Waals surface area contributed by atoms with Crippen molar-refractivity contribution in [2.24, 2.45) is 15.9 Å². The third kappa shape index (κ3) is 4.32. The van der Waals surface area contributed by atoms with Gasteiger partial charge in [0.15, 0.2) is 0 Å². The van der Waals surface area contributed by atoms with E-state index in [1.54, 1.807) is 6.08 Å². The van der Waals surface area contributed by atoms with E-state index in [0.29, 0.717) is 29.5 Å². The number of nitrogens with zero attached hydrogens (tertiary/aromatic N) is 2. The van der Waals surface area contributed by atoms with Crippen LogP contribution in [0.3, 0.4) is 0 Å². The number of hydrogen-bond donors (Lipinski definition) is 2. The van der Waals surface area contributed by atoms with Crippen molar-refractivity contribution >= 4 is 29.2 Å². The Bertz CT molecular complexity index is 727. The van der Waals surface area contributed by atoms with Crippen LogP contribution in [0.4, 0.5) is 8.78 Å². The molecule has 1 amide bonds. The molecule has 1 saturated heterocycles. The molecule has 0 radical (unpaired) electrons. The third-order valence-corrected chi connectivity index (χ3v) is 6.78. The monoisotopic (exact) mass is 394 g/mol. The summed E-state index contributed by atoms with van der Waals surface area (Å²) in [5.74, 6) is -1.05. The minimum Gasteiger partial charge on any atom is -0.314 e. The number of amides is 1. The lowest BCUT2D eigenvalue weighted by atomic mass is 9.94. The predicted octanol–water partition coefficient (Wildman–Crippen LogP) is 2.70. The Hall–Kier alpha value is -1.54. The van der Waals surface area contributed by atoms with E-state index >= 15 is 0 Å². The molecule has 1 saturated carbocycles. The zero-order valence-electron chi connectivity index (χ0n) is 15.1. The van der Waals surface area contributed by atoms with Crippen molar-refractivity contribution in [2.75, 3.05) is 18.8 Å². The standard InChI is InChI=1S/C19H24F2N4OS/c20-13-7-12(23-11-3-1-2-4-11)8-15-18(13)19(26)25-17(24-15)10-27-16-5-6-22-9-14(16)21/h7-8,11,14,16,18,22H,1-6,9-10H2,(H,24,25,26)/t14-,16+,18?/m0/s1. The van der Waals surface area contributed by atoms with Crippen molar-refractivity contribution < 1.29 is 13.6 Å². The van der Waals surface area contributed by atoms with Gasteiger partial charge in [-0.25, -0.2) is 13.8 Å². The van der Waals surface area contributed by atoms with E-state index in [1.807, 2.05) is 0 Å². The molecule has 2 heterocycles. The molecule has 27 heavy (non-hydrogen) atoms. The number of halogens is 2. The molecule has 0 bridgehead atoms. The summed E-state index contributed by atoms with van der Waals surface area (Å²) in [6.45, 7) is 1.15. The van der Waals surface area contributed by atoms with Gasteiger partial charge in [-0.2, -0.15) is 0 Å². The molecule has 2 aliphatic heterocycles. The van der Waals surface area contributed by atoms with Gasteiger partial charge in [-0.15, -0.1) is 11.8 Å². The molecule has 146 valence electrons. The van der Waals surface area contributed by atoms with Crippen LogP contribution in [0, 0.1) is 5.92 Å². The fourth-order valence-corrected chi connectivity index (χ4v) is 5.05. The van der Waals surface area contributed by atoms with Crippen LogP contribution in [0.2, 0.25) is 0 Å². The molecular weight excluding hydrogens is 370 g/mol. The first-order chi connectivity index (χ1) is 13.1. The van der Waals surface area contributed by atoms with Crippen LogP contribution in [-0.2, 0) is 4.79 Å². The van der Waals surface area contributed by atoms with Gasteiger partial charge in [-0.3, -0.25) is 9.79 Å². The SMILES string of the molecule is O=C1NC(CS[C@@H]2CCNC[C@@H]2F)=NC2=CC(=NC3CCCC3)C=C(F)C12. The summed E-state index contributed by atoms with van der Waals surface area (Å²) in [5.41, 5.74) is 0.950. The van der Waals surface area contributed by atoms with Crippen LogP contribution in [0.1, 0.15) is 32.1 Å². The number of piperidine rings is 1. The molecule has 0 aromatic heterocycles. The topological polar surface area (TPSA) is 65.8 Å². The summed E-state index contributed by atoms with van der Waals surface area (Å²) in [6.07, 6.45) is 7.27. The molecule has 4 rings (SSSR count). The Kier molecular flexibility index (Phi) is 5.73. The van der Waals surface area contributed by atoms with Crippen LogP contribution >= 0.6 is 11.8 Å². The predicted molar refractivity (Wildman–Crippen MR) is 105 cm³/mol. The van der Waals surface area contributed by atoms with Crippen LogP contribution in [0.5, 0.6) is 0 Å². The Morgan fingerprint density at radius 3 is 2.85 bits per heavy atom. The van der Waals surface area contributed by atoms with Gasteiger partial charge >= 0.3 is 0 Å². The maximum atomic E-state index is 14.5. The molecule has 4 aliphatic rings. The number of carbonyl (C=O) groups is 1. The van der Waals surface area contributed by atoms with Crippen molar-refractivity contribution in [3.05, 3.63) is 23.7 Å². The Morgan fingerprint density at radius 2 is 2.07 bits per heavy atom. The first-order valence-electron chi connectivity index (χ1n) is 9.61. The zero-order valence-corrected chi connectivity index (χ0v) is 15.9. The van der Waals surface area contributed by atoms with E-state index in [1.165, 1.54) is 17.8 Å². The molecule has 8 heteroatoms. The summed E-state index contributed by atoms with van der Waals surface area (Å²) in [6, 6.07) is 0.232. The van der Waals surface area contributed by atoms with E-state index in [4.69, 9.17) is 0 Å². The maximum absolute atomic E-state index is 14.5. The van der Waals surface area contributed by atoms with Gasteiger partial charge in [-0.05, 0) is 38.0 Å². The second-order valence-corrected chi connectivity index (χ2v) is 8.66. The van der Waals surface area contributed by atoms with Gasteiger partial charge in [0.25, 0.3) is 0 Å². The largest absolute Gasteiger partial charge is 0.314 e. The van der Waals surface area contributed by atoms with E-state index in [2.05, 4.69) is 20.6 Å². The molecule has 2 aliphatic carbocycles. The average molecular weight is 394 g/mol. The maximum Gasteiger partial charge on any atom is 0.241 e.